The van der Waals surface area contributed by atoms with Crippen molar-refractivity contribution < 1.29 is 19.4 Å². The number of aryl methyl sites for hydroxylation is 2. The van der Waals surface area contributed by atoms with Gasteiger partial charge in [0.15, 0.2) is 5.75 Å². The van der Waals surface area contributed by atoms with Crippen LogP contribution in [0.25, 0.3) is 10.9 Å². The summed E-state index contributed by atoms with van der Waals surface area (Å²) >= 11 is 0. The molecule has 0 unspecified atom stereocenters. The van der Waals surface area contributed by atoms with E-state index in [-0.39, 0.29) is 0 Å². The number of hydrogen-bond donors (Lipinski definition) is 2. The zero-order valence-electron chi connectivity index (χ0n) is 25.3. The van der Waals surface area contributed by atoms with E-state index in [1.54, 1.807) is 6.20 Å². The summed E-state index contributed by atoms with van der Waals surface area (Å²) in [7, 11) is 0. The molecule has 0 aliphatic heterocycles. The summed E-state index contributed by atoms with van der Waals surface area (Å²) in [5.41, 5.74) is 13.2. The smallest absolute Gasteiger partial charge is 0.320 e. The van der Waals surface area contributed by atoms with Crippen LogP contribution < -0.4 is 15.2 Å². The number of nitrogens with zero attached hydrogens (tertiary/aromatic N) is 2. The van der Waals surface area contributed by atoms with Crippen molar-refractivity contribution >= 4 is 16.9 Å². The van der Waals surface area contributed by atoms with Crippen molar-refractivity contribution in [3.8, 4) is 11.5 Å². The van der Waals surface area contributed by atoms with E-state index in [0.29, 0.717) is 39.3 Å². The fourth-order valence-corrected chi connectivity index (χ4v) is 5.28. The Kier molecular flexibility index (Phi) is 10.2. The van der Waals surface area contributed by atoms with Gasteiger partial charge in [-0.25, -0.2) is 0 Å². The molecule has 0 aliphatic carbocycles. The van der Waals surface area contributed by atoms with Gasteiger partial charge >= 0.3 is 5.97 Å². The third-order valence-electron chi connectivity index (χ3n) is 7.59. The van der Waals surface area contributed by atoms with Gasteiger partial charge in [-0.1, -0.05) is 96.1 Å². The minimum Gasteiger partial charge on any atom is -0.489 e. The van der Waals surface area contributed by atoms with Crippen LogP contribution in [0, 0.1) is 13.8 Å². The van der Waals surface area contributed by atoms with Gasteiger partial charge in [-0.05, 0) is 43.5 Å². The molecule has 0 aliphatic rings. The van der Waals surface area contributed by atoms with E-state index in [0.717, 1.165) is 44.7 Å². The van der Waals surface area contributed by atoms with Crippen LogP contribution in [0.2, 0.25) is 0 Å². The summed E-state index contributed by atoms with van der Waals surface area (Å²) in [6, 6.07) is 31.6. The predicted octanol–water partition coefficient (Wildman–Crippen LogP) is 6.81. The zero-order chi connectivity index (χ0) is 30.9. The average Bonchev–Trinajstić information content (AvgIpc) is 3.02. The number of pyridine rings is 1. The lowest BCUT2D eigenvalue weighted by atomic mass is 10.1. The van der Waals surface area contributed by atoms with Crippen molar-refractivity contribution in [1.82, 2.24) is 9.88 Å². The average molecular weight is 590 g/mol. The molecule has 0 saturated carbocycles. The second kappa shape index (κ2) is 14.6. The highest BCUT2D eigenvalue weighted by atomic mass is 16.5. The van der Waals surface area contributed by atoms with Crippen LogP contribution in [0.3, 0.4) is 0 Å². The molecule has 7 nitrogen and oxygen atoms in total. The number of fused-ring (bicyclic) bond motifs is 1. The van der Waals surface area contributed by atoms with Gasteiger partial charge in [-0.15, -0.1) is 0 Å². The van der Waals surface area contributed by atoms with Crippen LogP contribution in [0.4, 0.5) is 0 Å². The molecule has 3 N–H and O–H groups in total. The second-order valence-corrected chi connectivity index (χ2v) is 11.2. The summed E-state index contributed by atoms with van der Waals surface area (Å²) < 4.78 is 12.8. The van der Waals surface area contributed by atoms with E-state index >= 15 is 0 Å². The number of para-hydroxylation sites is 1. The quantitative estimate of drug-likeness (QED) is 0.147. The fraction of sp³-hybridized carbons (Fsp3) is 0.243. The van der Waals surface area contributed by atoms with Crippen LogP contribution >= 0.6 is 0 Å². The Balaban J connectivity index is 1.42. The van der Waals surface area contributed by atoms with Crippen molar-refractivity contribution in [2.45, 2.75) is 52.6 Å². The molecule has 0 saturated heterocycles. The van der Waals surface area contributed by atoms with E-state index in [1.165, 1.54) is 11.1 Å². The number of carboxylic acids is 1. The highest BCUT2D eigenvalue weighted by Gasteiger charge is 2.19. The Labute approximate surface area is 258 Å². The number of benzene rings is 4. The van der Waals surface area contributed by atoms with Gasteiger partial charge in [0.1, 0.15) is 30.5 Å². The molecule has 226 valence electrons. The molecule has 0 amide bonds. The van der Waals surface area contributed by atoms with Crippen LogP contribution in [0.1, 0.15) is 39.8 Å². The normalized spacial score (nSPS) is 11.9. The molecular weight excluding hydrogens is 550 g/mol. The summed E-state index contributed by atoms with van der Waals surface area (Å²) in [6.45, 7) is 6.51. The second-order valence-electron chi connectivity index (χ2n) is 11.2. The van der Waals surface area contributed by atoms with Gasteiger partial charge in [0.2, 0.25) is 0 Å². The first-order chi connectivity index (χ1) is 21.4. The number of aromatic nitrogens is 1. The summed E-state index contributed by atoms with van der Waals surface area (Å²) in [5, 5.41) is 10.5. The Morgan fingerprint density at radius 1 is 0.818 bits per heavy atom. The SMILES string of the molecule is Cc1cccc(COc2ccccc2CN(CC[C@H](N)C(=O)O)Cc2ccc3cccnc3c2OCc2cccc(C)c2)c1. The first kappa shape index (κ1) is 30.7. The third-order valence-corrected chi connectivity index (χ3v) is 7.59. The van der Waals surface area contributed by atoms with E-state index in [2.05, 4.69) is 72.3 Å². The molecular formula is C37H39N3O4. The van der Waals surface area contributed by atoms with Crippen molar-refractivity contribution in [3.05, 3.63) is 137 Å². The van der Waals surface area contributed by atoms with E-state index in [9.17, 15) is 9.90 Å². The van der Waals surface area contributed by atoms with Gasteiger partial charge in [0, 0.05) is 42.3 Å². The Hall–Kier alpha value is -4.72. The van der Waals surface area contributed by atoms with E-state index < -0.39 is 12.0 Å². The van der Waals surface area contributed by atoms with Crippen molar-refractivity contribution in [2.24, 2.45) is 5.73 Å². The molecule has 5 rings (SSSR count). The molecule has 1 aromatic heterocycles. The largest absolute Gasteiger partial charge is 0.489 e. The Bertz CT molecular complexity index is 1720. The van der Waals surface area contributed by atoms with Crippen LogP contribution in [0.5, 0.6) is 11.5 Å². The molecule has 7 heteroatoms. The fourth-order valence-electron chi connectivity index (χ4n) is 5.28. The lowest BCUT2D eigenvalue weighted by molar-refractivity contribution is -0.138. The maximum Gasteiger partial charge on any atom is 0.320 e. The predicted molar refractivity (Wildman–Crippen MR) is 174 cm³/mol. The third kappa shape index (κ3) is 8.22. The number of rotatable bonds is 14. The Morgan fingerprint density at radius 3 is 2.20 bits per heavy atom. The Morgan fingerprint density at radius 2 is 1.50 bits per heavy atom. The molecule has 1 atom stereocenters. The number of carbonyl (C=O) groups is 1. The maximum absolute atomic E-state index is 11.6. The standard InChI is InChI=1S/C37H39N3O4/c1-26-8-5-10-28(20-26)24-43-34-14-4-3-12-31(34)22-40(19-17-33(38)37(41)42)23-32-16-15-30-13-7-18-39-35(30)36(32)44-25-29-11-6-9-27(2)21-29/h3-16,18,20-21,33H,17,19,22-25,38H2,1-2H3,(H,41,42)/t33-/m0/s1. The van der Waals surface area contributed by atoms with E-state index in [1.807, 2.05) is 48.5 Å². The van der Waals surface area contributed by atoms with Gasteiger partial charge in [0.05, 0.1) is 0 Å². The van der Waals surface area contributed by atoms with Gasteiger partial charge in [0.25, 0.3) is 0 Å². The number of nitrogens with two attached hydrogens (primary N) is 1. The van der Waals surface area contributed by atoms with Crippen molar-refractivity contribution in [1.29, 1.82) is 0 Å². The van der Waals surface area contributed by atoms with Crippen LogP contribution in [-0.4, -0.2) is 33.5 Å². The molecule has 4 aromatic carbocycles. The lowest BCUT2D eigenvalue weighted by Gasteiger charge is -2.26. The molecule has 0 radical (unpaired) electrons. The van der Waals surface area contributed by atoms with E-state index in [4.69, 9.17) is 15.2 Å². The van der Waals surface area contributed by atoms with Gasteiger partial charge in [-0.2, -0.15) is 0 Å². The summed E-state index contributed by atoms with van der Waals surface area (Å²) in [4.78, 5) is 18.4. The van der Waals surface area contributed by atoms with Crippen molar-refractivity contribution in [2.75, 3.05) is 6.54 Å². The highest BCUT2D eigenvalue weighted by molar-refractivity contribution is 5.85. The number of carboxylic acid groups (broad SMARTS) is 1. The monoisotopic (exact) mass is 589 g/mol. The van der Waals surface area contributed by atoms with Crippen LogP contribution in [0.15, 0.2) is 103 Å². The first-order valence-corrected chi connectivity index (χ1v) is 14.9. The molecule has 0 fully saturated rings. The number of hydrogen-bond acceptors (Lipinski definition) is 6. The van der Waals surface area contributed by atoms with Gasteiger partial charge in [-0.3, -0.25) is 14.7 Å². The molecule has 0 bridgehead atoms. The van der Waals surface area contributed by atoms with Gasteiger partial charge < -0.3 is 20.3 Å². The van der Waals surface area contributed by atoms with Crippen molar-refractivity contribution in [3.63, 3.8) is 0 Å². The molecule has 5 aromatic rings. The first-order valence-electron chi connectivity index (χ1n) is 14.9. The lowest BCUT2D eigenvalue weighted by Crippen LogP contribution is -2.35. The zero-order valence-corrected chi connectivity index (χ0v) is 25.3. The summed E-state index contributed by atoms with van der Waals surface area (Å²) in [6.07, 6.45) is 2.07. The molecule has 0 spiro atoms. The minimum absolute atomic E-state index is 0.299. The summed E-state index contributed by atoms with van der Waals surface area (Å²) in [5.74, 6) is 0.502. The minimum atomic E-state index is -1.01. The number of aliphatic carboxylic acids is 1. The maximum atomic E-state index is 11.6. The number of ether oxygens (including phenoxy) is 2. The molecule has 1 heterocycles. The van der Waals surface area contributed by atoms with Crippen LogP contribution in [-0.2, 0) is 31.1 Å². The molecule has 44 heavy (non-hydrogen) atoms. The highest BCUT2D eigenvalue weighted by Crippen LogP contribution is 2.31. The topological polar surface area (TPSA) is 97.9 Å².